The van der Waals surface area contributed by atoms with Crippen LogP contribution >= 0.6 is 0 Å². The van der Waals surface area contributed by atoms with E-state index in [2.05, 4.69) is 13.8 Å². The molecule has 0 aromatic rings. The van der Waals surface area contributed by atoms with Crippen molar-refractivity contribution in [3.05, 3.63) is 0 Å². The van der Waals surface area contributed by atoms with Gasteiger partial charge in [-0.3, -0.25) is 0 Å². The average Bonchev–Trinajstić information content (AvgIpc) is 1.65. The fourth-order valence-corrected chi connectivity index (χ4v) is 0.250. The summed E-state index contributed by atoms with van der Waals surface area (Å²) in [6.45, 7) is 4.43. The topological polar surface area (TPSA) is 0 Å². The molecule has 0 heterocycles. The molecule has 0 saturated carbocycles. The Kier molecular flexibility index (Phi) is 4.09. The Morgan fingerprint density at radius 1 is 1.33 bits per heavy atom. The Morgan fingerprint density at radius 3 is 1.67 bits per heavy atom. The molecule has 0 saturated heterocycles. The molecule has 0 aliphatic heterocycles. The van der Waals surface area contributed by atoms with E-state index in [0.29, 0.717) is 0 Å². The SMILES string of the molecule is CC[C](=[W])CC. The van der Waals surface area contributed by atoms with Crippen molar-refractivity contribution < 1.29 is 19.4 Å². The van der Waals surface area contributed by atoms with E-state index in [1.165, 1.54) is 12.8 Å². The number of hydrogen-bond donors (Lipinski definition) is 0. The van der Waals surface area contributed by atoms with E-state index in [4.69, 9.17) is 0 Å². The molecule has 0 rings (SSSR count). The van der Waals surface area contributed by atoms with E-state index in [1.54, 1.807) is 23.3 Å². The van der Waals surface area contributed by atoms with Crippen LogP contribution in [0.1, 0.15) is 26.7 Å². The van der Waals surface area contributed by atoms with Crippen molar-refractivity contribution in [1.82, 2.24) is 0 Å². The minimum atomic E-state index is 1.28. The van der Waals surface area contributed by atoms with Gasteiger partial charge in [-0.25, -0.2) is 0 Å². The van der Waals surface area contributed by atoms with Crippen molar-refractivity contribution in [2.45, 2.75) is 26.7 Å². The molecule has 0 amide bonds. The summed E-state index contributed by atoms with van der Waals surface area (Å²) in [7, 11) is 0. The van der Waals surface area contributed by atoms with Gasteiger partial charge in [-0.2, -0.15) is 0 Å². The van der Waals surface area contributed by atoms with Gasteiger partial charge in [-0.15, -0.1) is 0 Å². The van der Waals surface area contributed by atoms with Gasteiger partial charge in [0.15, 0.2) is 0 Å². The second-order valence-corrected chi connectivity index (χ2v) is 3.32. The summed E-state index contributed by atoms with van der Waals surface area (Å²) in [5.41, 5.74) is 0. The van der Waals surface area contributed by atoms with Gasteiger partial charge < -0.3 is 0 Å². The summed E-state index contributed by atoms with van der Waals surface area (Å²) in [4.78, 5) is 0. The second kappa shape index (κ2) is 3.74. The Bertz CT molecular complexity index is 41.9. The molecule has 0 radical (unpaired) electrons. The Hall–Kier alpha value is 0.558. The summed E-state index contributed by atoms with van der Waals surface area (Å²) in [6, 6.07) is 0. The molecule has 0 atom stereocenters. The fraction of sp³-hybridized carbons (Fsp3) is 0.800. The molecule has 0 aliphatic carbocycles. The molecule has 0 fully saturated rings. The molecule has 0 spiro atoms. The van der Waals surface area contributed by atoms with Gasteiger partial charge in [-0.1, -0.05) is 0 Å². The maximum atomic E-state index is 2.21. The van der Waals surface area contributed by atoms with Gasteiger partial charge in [0.05, 0.1) is 0 Å². The third-order valence-corrected chi connectivity index (χ3v) is 2.86. The molecule has 6 heavy (non-hydrogen) atoms. The number of hydrogen-bond acceptors (Lipinski definition) is 0. The van der Waals surface area contributed by atoms with Gasteiger partial charge in [0, 0.05) is 0 Å². The molecule has 0 aromatic carbocycles. The predicted octanol–water partition coefficient (Wildman–Crippen LogP) is 1.53. The molecular weight excluding hydrogens is 244 g/mol. The van der Waals surface area contributed by atoms with Gasteiger partial charge in [0.25, 0.3) is 0 Å². The third-order valence-electron chi connectivity index (χ3n) is 0.789. The molecule has 0 aliphatic rings. The van der Waals surface area contributed by atoms with Crippen LogP contribution < -0.4 is 0 Å². The molecule has 0 unspecified atom stereocenters. The first-order valence-electron chi connectivity index (χ1n) is 2.33. The molecule has 36 valence electrons. The van der Waals surface area contributed by atoms with Crippen molar-refractivity contribution in [2.24, 2.45) is 0 Å². The maximum absolute atomic E-state index is 2.21. The molecule has 0 aromatic heterocycles. The summed E-state index contributed by atoms with van der Waals surface area (Å²) in [5.74, 6) is 0. The van der Waals surface area contributed by atoms with Crippen LogP contribution in [0.2, 0.25) is 0 Å². The average molecular weight is 254 g/mol. The molecule has 0 nitrogen and oxygen atoms in total. The van der Waals surface area contributed by atoms with Crippen LogP contribution in [0, 0.1) is 0 Å². The van der Waals surface area contributed by atoms with Gasteiger partial charge >= 0.3 is 49.9 Å². The monoisotopic (exact) mass is 254 g/mol. The van der Waals surface area contributed by atoms with Gasteiger partial charge in [0.1, 0.15) is 0 Å². The van der Waals surface area contributed by atoms with Crippen molar-refractivity contribution in [2.75, 3.05) is 0 Å². The normalized spacial score (nSPS) is 8.33. The predicted molar refractivity (Wildman–Crippen MR) is 25.6 cm³/mol. The van der Waals surface area contributed by atoms with Gasteiger partial charge in [0.2, 0.25) is 0 Å². The fourth-order valence-electron chi connectivity index (χ4n) is 0.250. The first-order chi connectivity index (χ1) is 2.81. The van der Waals surface area contributed by atoms with Crippen LogP contribution in [0.3, 0.4) is 0 Å². The first-order valence-corrected chi connectivity index (χ1v) is 3.79. The van der Waals surface area contributed by atoms with Crippen LogP contribution in [-0.2, 0) is 19.4 Å². The zero-order valence-electron chi connectivity index (χ0n) is 4.32. The molecule has 1 heteroatoms. The van der Waals surface area contributed by atoms with Crippen LogP contribution in [0.25, 0.3) is 0 Å². The van der Waals surface area contributed by atoms with Crippen LogP contribution in [0.15, 0.2) is 0 Å². The summed E-state index contributed by atoms with van der Waals surface area (Å²) in [5, 5.41) is 0. The Balaban J connectivity index is 2.99. The van der Waals surface area contributed by atoms with E-state index in [9.17, 15) is 0 Å². The minimum absolute atomic E-state index is 1.28. The zero-order chi connectivity index (χ0) is 4.99. The summed E-state index contributed by atoms with van der Waals surface area (Å²) < 4.78 is 1.68. The molecular formula is C5H10W. The van der Waals surface area contributed by atoms with Crippen molar-refractivity contribution in [3.8, 4) is 0 Å². The number of rotatable bonds is 2. The standard InChI is InChI=1S/C5H10.W/c1-3-5-4-2;/h3-4H2,1-2H3;. The Morgan fingerprint density at radius 2 is 1.67 bits per heavy atom. The summed E-state index contributed by atoms with van der Waals surface area (Å²) >= 11 is 1.66. The van der Waals surface area contributed by atoms with Crippen LogP contribution in [0.5, 0.6) is 0 Å². The van der Waals surface area contributed by atoms with E-state index in [-0.39, 0.29) is 0 Å². The van der Waals surface area contributed by atoms with Crippen molar-refractivity contribution >= 4 is 3.90 Å². The molecule has 0 N–H and O–H groups in total. The van der Waals surface area contributed by atoms with E-state index >= 15 is 0 Å². The second-order valence-electron chi connectivity index (χ2n) is 1.25. The van der Waals surface area contributed by atoms with E-state index in [1.807, 2.05) is 0 Å². The van der Waals surface area contributed by atoms with Gasteiger partial charge in [-0.05, 0) is 0 Å². The first kappa shape index (κ1) is 6.56. The Labute approximate surface area is 50.4 Å². The molecule has 0 bridgehead atoms. The van der Waals surface area contributed by atoms with E-state index < -0.39 is 0 Å². The van der Waals surface area contributed by atoms with Crippen LogP contribution in [-0.4, -0.2) is 3.90 Å². The van der Waals surface area contributed by atoms with Crippen LogP contribution in [0.4, 0.5) is 0 Å². The van der Waals surface area contributed by atoms with Crippen molar-refractivity contribution in [1.29, 1.82) is 0 Å². The quantitative estimate of drug-likeness (QED) is 0.700. The zero-order valence-corrected chi connectivity index (χ0v) is 7.26. The van der Waals surface area contributed by atoms with Crippen molar-refractivity contribution in [3.63, 3.8) is 0 Å². The summed E-state index contributed by atoms with van der Waals surface area (Å²) in [6.07, 6.45) is 2.57. The third kappa shape index (κ3) is 2.78. The van der Waals surface area contributed by atoms with E-state index in [0.717, 1.165) is 0 Å².